The Bertz CT molecular complexity index is 546. The number of fused-ring (bicyclic) bond motifs is 1. The van der Waals surface area contributed by atoms with Gasteiger partial charge in [0.05, 0.1) is 0 Å². The van der Waals surface area contributed by atoms with Gasteiger partial charge in [-0.3, -0.25) is 0 Å². The van der Waals surface area contributed by atoms with E-state index in [0.29, 0.717) is 6.04 Å². The third kappa shape index (κ3) is 2.52. The van der Waals surface area contributed by atoms with Crippen LogP contribution in [0.4, 0.5) is 0 Å². The van der Waals surface area contributed by atoms with Crippen LogP contribution in [-0.2, 0) is 6.54 Å². The van der Waals surface area contributed by atoms with Crippen molar-refractivity contribution in [1.82, 2.24) is 15.3 Å². The standard InChI is InChI=1S/C16H23N3/c1-11-5-3-7-15(12(11)2)18-9-13-10-19-16-14(13)6-4-8-17-16/h4,6,8,10-12,15,18H,3,5,7,9H2,1-2H3,(H,17,19). The van der Waals surface area contributed by atoms with E-state index in [0.717, 1.165) is 24.0 Å². The minimum absolute atomic E-state index is 0.658. The number of aromatic amines is 1. The largest absolute Gasteiger partial charge is 0.346 e. The average Bonchev–Trinajstić information content (AvgIpc) is 2.84. The van der Waals surface area contributed by atoms with Crippen molar-refractivity contribution >= 4 is 11.0 Å². The number of rotatable bonds is 3. The lowest BCUT2D eigenvalue weighted by Crippen LogP contribution is -2.40. The molecule has 3 rings (SSSR count). The molecule has 2 aromatic rings. The Hall–Kier alpha value is -1.35. The van der Waals surface area contributed by atoms with Crippen molar-refractivity contribution in [3.8, 4) is 0 Å². The molecule has 3 atom stereocenters. The monoisotopic (exact) mass is 257 g/mol. The second kappa shape index (κ2) is 5.33. The summed E-state index contributed by atoms with van der Waals surface area (Å²) in [6, 6.07) is 4.80. The second-order valence-electron chi connectivity index (χ2n) is 5.97. The van der Waals surface area contributed by atoms with E-state index in [1.165, 1.54) is 30.2 Å². The van der Waals surface area contributed by atoms with Crippen LogP contribution in [0.3, 0.4) is 0 Å². The van der Waals surface area contributed by atoms with Crippen LogP contribution in [0.1, 0.15) is 38.7 Å². The second-order valence-corrected chi connectivity index (χ2v) is 5.97. The number of nitrogens with one attached hydrogen (secondary N) is 2. The van der Waals surface area contributed by atoms with E-state index in [4.69, 9.17) is 0 Å². The van der Waals surface area contributed by atoms with Crippen LogP contribution in [0.25, 0.3) is 11.0 Å². The molecule has 0 amide bonds. The van der Waals surface area contributed by atoms with E-state index in [2.05, 4.69) is 41.4 Å². The Morgan fingerprint density at radius 1 is 1.37 bits per heavy atom. The number of H-pyrrole nitrogens is 1. The first-order valence-corrected chi connectivity index (χ1v) is 7.40. The van der Waals surface area contributed by atoms with Crippen molar-refractivity contribution in [3.63, 3.8) is 0 Å². The fourth-order valence-electron chi connectivity index (χ4n) is 3.27. The molecular weight excluding hydrogens is 234 g/mol. The molecule has 0 saturated heterocycles. The lowest BCUT2D eigenvalue weighted by atomic mass is 9.78. The summed E-state index contributed by atoms with van der Waals surface area (Å²) in [6.45, 7) is 5.71. The van der Waals surface area contributed by atoms with Crippen molar-refractivity contribution in [2.45, 2.75) is 45.7 Å². The van der Waals surface area contributed by atoms with E-state index < -0.39 is 0 Å². The lowest BCUT2D eigenvalue weighted by Gasteiger charge is -2.34. The molecule has 1 saturated carbocycles. The van der Waals surface area contributed by atoms with Crippen LogP contribution in [0.15, 0.2) is 24.5 Å². The highest BCUT2D eigenvalue weighted by atomic mass is 14.9. The Morgan fingerprint density at radius 2 is 2.26 bits per heavy atom. The van der Waals surface area contributed by atoms with Crippen molar-refractivity contribution in [2.24, 2.45) is 11.8 Å². The molecule has 2 N–H and O–H groups in total. The zero-order valence-corrected chi connectivity index (χ0v) is 11.8. The number of hydrogen-bond donors (Lipinski definition) is 2. The molecule has 3 unspecified atom stereocenters. The van der Waals surface area contributed by atoms with Crippen molar-refractivity contribution in [1.29, 1.82) is 0 Å². The molecule has 0 radical (unpaired) electrons. The van der Waals surface area contributed by atoms with E-state index in [1.807, 2.05) is 12.3 Å². The van der Waals surface area contributed by atoms with Gasteiger partial charge in [0.15, 0.2) is 0 Å². The molecule has 1 aliphatic rings. The predicted molar refractivity (Wildman–Crippen MR) is 78.9 cm³/mol. The fourth-order valence-corrected chi connectivity index (χ4v) is 3.27. The molecule has 0 aliphatic heterocycles. The van der Waals surface area contributed by atoms with Crippen LogP contribution < -0.4 is 5.32 Å². The molecule has 19 heavy (non-hydrogen) atoms. The first-order chi connectivity index (χ1) is 9.25. The highest BCUT2D eigenvalue weighted by Gasteiger charge is 2.26. The molecule has 0 aromatic carbocycles. The van der Waals surface area contributed by atoms with Crippen molar-refractivity contribution < 1.29 is 0 Å². The van der Waals surface area contributed by atoms with Crippen LogP contribution in [0.2, 0.25) is 0 Å². The smallest absolute Gasteiger partial charge is 0.137 e. The van der Waals surface area contributed by atoms with Crippen molar-refractivity contribution in [3.05, 3.63) is 30.1 Å². The minimum Gasteiger partial charge on any atom is -0.346 e. The Balaban J connectivity index is 1.69. The molecule has 3 nitrogen and oxygen atoms in total. The van der Waals surface area contributed by atoms with E-state index in [-0.39, 0.29) is 0 Å². The highest BCUT2D eigenvalue weighted by molar-refractivity contribution is 5.79. The van der Waals surface area contributed by atoms with Crippen LogP contribution in [0, 0.1) is 11.8 Å². The van der Waals surface area contributed by atoms with E-state index >= 15 is 0 Å². The fraction of sp³-hybridized carbons (Fsp3) is 0.562. The van der Waals surface area contributed by atoms with Gasteiger partial charge in [-0.15, -0.1) is 0 Å². The number of hydrogen-bond acceptors (Lipinski definition) is 2. The van der Waals surface area contributed by atoms with E-state index in [9.17, 15) is 0 Å². The van der Waals surface area contributed by atoms with Gasteiger partial charge in [0, 0.05) is 30.4 Å². The molecule has 2 heterocycles. The number of pyridine rings is 1. The van der Waals surface area contributed by atoms with Crippen molar-refractivity contribution in [2.75, 3.05) is 0 Å². The quantitative estimate of drug-likeness (QED) is 0.884. The molecule has 3 heteroatoms. The molecular formula is C16H23N3. The summed E-state index contributed by atoms with van der Waals surface area (Å²) < 4.78 is 0. The summed E-state index contributed by atoms with van der Waals surface area (Å²) in [5.74, 6) is 1.62. The topological polar surface area (TPSA) is 40.7 Å². The van der Waals surface area contributed by atoms with Gasteiger partial charge in [0.1, 0.15) is 5.65 Å². The van der Waals surface area contributed by atoms with E-state index in [1.54, 1.807) is 0 Å². The first kappa shape index (κ1) is 12.7. The summed E-state index contributed by atoms with van der Waals surface area (Å²) in [5, 5.41) is 4.99. The zero-order valence-electron chi connectivity index (χ0n) is 11.8. The predicted octanol–water partition coefficient (Wildman–Crippen LogP) is 3.48. The summed E-state index contributed by atoms with van der Waals surface area (Å²) in [6.07, 6.45) is 7.98. The van der Waals surface area contributed by atoms with Crippen LogP contribution in [0.5, 0.6) is 0 Å². The average molecular weight is 257 g/mol. The third-order valence-electron chi connectivity index (χ3n) is 4.80. The van der Waals surface area contributed by atoms with Gasteiger partial charge in [-0.25, -0.2) is 4.98 Å². The Kier molecular flexibility index (Phi) is 3.56. The molecule has 0 bridgehead atoms. The summed E-state index contributed by atoms with van der Waals surface area (Å²) in [7, 11) is 0. The maximum absolute atomic E-state index is 4.34. The maximum atomic E-state index is 4.34. The van der Waals surface area contributed by atoms with Gasteiger partial charge in [-0.05, 0) is 36.0 Å². The summed E-state index contributed by atoms with van der Waals surface area (Å²) in [4.78, 5) is 7.59. The SMILES string of the molecule is CC1CCCC(NCc2c[nH]c3ncccc23)C1C. The molecule has 1 aliphatic carbocycles. The normalized spacial score (nSPS) is 27.8. The van der Waals surface area contributed by atoms with Gasteiger partial charge >= 0.3 is 0 Å². The summed E-state index contributed by atoms with van der Waals surface area (Å²) >= 11 is 0. The lowest BCUT2D eigenvalue weighted by molar-refractivity contribution is 0.206. The van der Waals surface area contributed by atoms with Crippen LogP contribution in [-0.4, -0.2) is 16.0 Å². The van der Waals surface area contributed by atoms with Gasteiger partial charge in [0.2, 0.25) is 0 Å². The van der Waals surface area contributed by atoms with Crippen LogP contribution >= 0.6 is 0 Å². The number of nitrogens with zero attached hydrogens (tertiary/aromatic N) is 1. The molecule has 2 aromatic heterocycles. The molecule has 0 spiro atoms. The summed E-state index contributed by atoms with van der Waals surface area (Å²) in [5.41, 5.74) is 2.32. The minimum atomic E-state index is 0.658. The Labute approximate surface area is 114 Å². The van der Waals surface area contributed by atoms with Gasteiger partial charge in [0.25, 0.3) is 0 Å². The molecule has 102 valence electrons. The van der Waals surface area contributed by atoms with Gasteiger partial charge < -0.3 is 10.3 Å². The Morgan fingerprint density at radius 3 is 3.16 bits per heavy atom. The molecule has 1 fully saturated rings. The third-order valence-corrected chi connectivity index (χ3v) is 4.80. The van der Waals surface area contributed by atoms with Gasteiger partial charge in [-0.1, -0.05) is 26.7 Å². The zero-order chi connectivity index (χ0) is 13.2. The van der Waals surface area contributed by atoms with Gasteiger partial charge in [-0.2, -0.15) is 0 Å². The number of aromatic nitrogens is 2. The maximum Gasteiger partial charge on any atom is 0.137 e. The highest BCUT2D eigenvalue weighted by Crippen LogP contribution is 2.29. The first-order valence-electron chi connectivity index (χ1n) is 7.40.